The Bertz CT molecular complexity index is 955. The minimum absolute atomic E-state index is 0.0338. The van der Waals surface area contributed by atoms with Crippen LogP contribution in [-0.2, 0) is 11.3 Å². The first-order valence-corrected chi connectivity index (χ1v) is 8.86. The van der Waals surface area contributed by atoms with Gasteiger partial charge < -0.3 is 9.64 Å². The molecule has 0 saturated carbocycles. The van der Waals surface area contributed by atoms with Crippen molar-refractivity contribution in [2.45, 2.75) is 39.8 Å². The number of rotatable bonds is 2. The number of H-pyrrole nitrogens is 1. The van der Waals surface area contributed by atoms with E-state index in [4.69, 9.17) is 4.74 Å². The van der Waals surface area contributed by atoms with Crippen LogP contribution in [0.3, 0.4) is 0 Å². The van der Waals surface area contributed by atoms with E-state index in [2.05, 4.69) is 25.3 Å². The summed E-state index contributed by atoms with van der Waals surface area (Å²) in [6.45, 7) is 7.70. The lowest BCUT2D eigenvalue weighted by molar-refractivity contribution is 0.0672. The molecule has 0 aromatic carbocycles. The maximum atomic E-state index is 12.7. The van der Waals surface area contributed by atoms with Crippen molar-refractivity contribution in [1.29, 1.82) is 0 Å². The Morgan fingerprint density at radius 1 is 1.31 bits per heavy atom. The molecule has 0 aliphatic carbocycles. The molecule has 1 atom stereocenters. The molecule has 5 heterocycles. The number of hydrogen-bond acceptors (Lipinski definition) is 6. The van der Waals surface area contributed by atoms with Crippen molar-refractivity contribution in [1.82, 2.24) is 34.8 Å². The van der Waals surface area contributed by atoms with Gasteiger partial charge in [-0.3, -0.25) is 9.89 Å². The Kier molecular flexibility index (Phi) is 4.15. The van der Waals surface area contributed by atoms with E-state index in [-0.39, 0.29) is 11.9 Å². The Morgan fingerprint density at radius 2 is 2.15 bits per heavy atom. The number of nitrogens with zero attached hydrogens (tertiary/aromatic N) is 6. The molecule has 2 aliphatic heterocycles. The summed E-state index contributed by atoms with van der Waals surface area (Å²) in [5.74, 6) is 1.21. The van der Waals surface area contributed by atoms with Crippen molar-refractivity contribution in [3.8, 4) is 5.82 Å². The van der Waals surface area contributed by atoms with Gasteiger partial charge in [0.1, 0.15) is 5.82 Å². The topological polar surface area (TPSA) is 102 Å². The van der Waals surface area contributed by atoms with E-state index in [0.717, 1.165) is 17.4 Å². The Balaban J connectivity index is 0.000000814. The van der Waals surface area contributed by atoms with E-state index in [1.807, 2.05) is 31.9 Å². The molecule has 0 bridgehead atoms. The number of ether oxygens (including phenoxy) is 1. The first kappa shape index (κ1) is 16.6. The van der Waals surface area contributed by atoms with Crippen LogP contribution in [-0.4, -0.2) is 60.0 Å². The zero-order valence-corrected chi connectivity index (χ0v) is 15.1. The van der Waals surface area contributed by atoms with Crippen LogP contribution in [0.25, 0.3) is 16.9 Å². The second-order valence-corrected chi connectivity index (χ2v) is 6.12. The van der Waals surface area contributed by atoms with Crippen molar-refractivity contribution < 1.29 is 9.53 Å². The van der Waals surface area contributed by atoms with Gasteiger partial charge in [-0.2, -0.15) is 10.2 Å². The standard InChI is InChI=1S/C15H15N7O2.C2H6/c1-8-17-13-11(4-16-19-13)14(18-8)22-6-9-5-21(10-2-3-24-7-10)15(23)12(9)20-22;1-2/h4,6,10H,2-3,5,7H2,1H3,(H,16,17,18,19);1-2H3. The smallest absolute Gasteiger partial charge is 0.275 e. The number of carbonyl (C=O) groups is 1. The highest BCUT2D eigenvalue weighted by Crippen LogP contribution is 2.28. The van der Waals surface area contributed by atoms with E-state index in [0.29, 0.717) is 42.7 Å². The van der Waals surface area contributed by atoms with E-state index in [1.165, 1.54) is 0 Å². The molecule has 0 spiro atoms. The zero-order valence-electron chi connectivity index (χ0n) is 15.1. The maximum absolute atomic E-state index is 12.7. The number of fused-ring (bicyclic) bond motifs is 2. The van der Waals surface area contributed by atoms with Crippen LogP contribution in [0.4, 0.5) is 0 Å². The Labute approximate surface area is 150 Å². The second kappa shape index (κ2) is 6.49. The number of nitrogens with one attached hydrogen (secondary N) is 1. The summed E-state index contributed by atoms with van der Waals surface area (Å²) < 4.78 is 7.04. The first-order chi connectivity index (χ1) is 12.7. The van der Waals surface area contributed by atoms with Crippen LogP contribution in [0.15, 0.2) is 12.4 Å². The third-order valence-corrected chi connectivity index (χ3v) is 4.56. The van der Waals surface area contributed by atoms with E-state index in [9.17, 15) is 4.79 Å². The van der Waals surface area contributed by atoms with Gasteiger partial charge in [-0.1, -0.05) is 13.8 Å². The van der Waals surface area contributed by atoms with Crippen LogP contribution >= 0.6 is 0 Å². The highest BCUT2D eigenvalue weighted by molar-refractivity contribution is 5.96. The third-order valence-electron chi connectivity index (χ3n) is 4.56. The lowest BCUT2D eigenvalue weighted by Crippen LogP contribution is -2.36. The van der Waals surface area contributed by atoms with Crippen LogP contribution < -0.4 is 0 Å². The normalized spacial score (nSPS) is 19.0. The number of aromatic nitrogens is 6. The molecule has 0 radical (unpaired) electrons. The van der Waals surface area contributed by atoms with E-state index < -0.39 is 0 Å². The van der Waals surface area contributed by atoms with Crippen molar-refractivity contribution >= 4 is 16.9 Å². The van der Waals surface area contributed by atoms with Gasteiger partial charge in [0.25, 0.3) is 5.91 Å². The molecule has 1 unspecified atom stereocenters. The van der Waals surface area contributed by atoms with Gasteiger partial charge in [0.15, 0.2) is 17.2 Å². The molecule has 1 fully saturated rings. The number of aromatic amines is 1. The molecule has 1 amide bonds. The minimum Gasteiger partial charge on any atom is -0.379 e. The molecular formula is C17H21N7O2. The van der Waals surface area contributed by atoms with Gasteiger partial charge in [0.2, 0.25) is 0 Å². The van der Waals surface area contributed by atoms with Crippen LogP contribution in [0, 0.1) is 6.92 Å². The summed E-state index contributed by atoms with van der Waals surface area (Å²) in [6.07, 6.45) is 4.43. The average Bonchev–Trinajstić information content (AvgIpc) is 3.41. The van der Waals surface area contributed by atoms with Gasteiger partial charge in [0.05, 0.1) is 30.8 Å². The molecule has 1 saturated heterocycles. The summed E-state index contributed by atoms with van der Waals surface area (Å²) in [5, 5.41) is 12.1. The van der Waals surface area contributed by atoms with Crippen LogP contribution in [0.5, 0.6) is 0 Å². The molecule has 2 aliphatic rings. The third kappa shape index (κ3) is 2.55. The molecular weight excluding hydrogens is 334 g/mol. The zero-order chi connectivity index (χ0) is 18.3. The first-order valence-electron chi connectivity index (χ1n) is 8.86. The predicted molar refractivity (Wildman–Crippen MR) is 94.0 cm³/mol. The number of amides is 1. The largest absolute Gasteiger partial charge is 0.379 e. The van der Waals surface area contributed by atoms with Gasteiger partial charge in [-0.25, -0.2) is 14.6 Å². The summed E-state index contributed by atoms with van der Waals surface area (Å²) in [5.41, 5.74) is 2.07. The SMILES string of the molecule is CC.Cc1nc(-n2cc3c(n2)C(=O)N(C2CCOC2)C3)c2cn[nH]c2n1. The number of aryl methyl sites for hydroxylation is 1. The molecule has 3 aromatic heterocycles. The minimum atomic E-state index is -0.0338. The van der Waals surface area contributed by atoms with Crippen molar-refractivity contribution in [2.24, 2.45) is 0 Å². The maximum Gasteiger partial charge on any atom is 0.275 e. The van der Waals surface area contributed by atoms with Gasteiger partial charge in [-0.05, 0) is 13.3 Å². The fraction of sp³-hybridized carbons (Fsp3) is 0.471. The fourth-order valence-corrected chi connectivity index (χ4v) is 3.37. The summed E-state index contributed by atoms with van der Waals surface area (Å²) in [4.78, 5) is 23.3. The van der Waals surface area contributed by atoms with E-state index >= 15 is 0 Å². The van der Waals surface area contributed by atoms with Crippen molar-refractivity contribution in [3.05, 3.63) is 29.5 Å². The average molecular weight is 355 g/mol. The summed E-state index contributed by atoms with van der Waals surface area (Å²) in [7, 11) is 0. The quantitative estimate of drug-likeness (QED) is 0.749. The molecule has 1 N–H and O–H groups in total. The molecule has 9 heteroatoms. The monoisotopic (exact) mass is 355 g/mol. The highest BCUT2D eigenvalue weighted by atomic mass is 16.5. The summed E-state index contributed by atoms with van der Waals surface area (Å²) in [6, 6.07) is 0.155. The fourth-order valence-electron chi connectivity index (χ4n) is 3.37. The lowest BCUT2D eigenvalue weighted by atomic mass is 10.2. The predicted octanol–water partition coefficient (Wildman–Crippen LogP) is 1.62. The number of carbonyl (C=O) groups excluding carboxylic acids is 1. The van der Waals surface area contributed by atoms with Crippen molar-refractivity contribution in [3.63, 3.8) is 0 Å². The Hall–Kier alpha value is -2.81. The summed E-state index contributed by atoms with van der Waals surface area (Å²) >= 11 is 0. The molecule has 9 nitrogen and oxygen atoms in total. The second-order valence-electron chi connectivity index (χ2n) is 6.12. The van der Waals surface area contributed by atoms with Crippen LogP contribution in [0.2, 0.25) is 0 Å². The molecule has 5 rings (SSSR count). The highest BCUT2D eigenvalue weighted by Gasteiger charge is 2.37. The molecule has 136 valence electrons. The molecule has 26 heavy (non-hydrogen) atoms. The van der Waals surface area contributed by atoms with Crippen LogP contribution in [0.1, 0.15) is 42.1 Å². The van der Waals surface area contributed by atoms with Crippen molar-refractivity contribution in [2.75, 3.05) is 13.2 Å². The van der Waals surface area contributed by atoms with Gasteiger partial charge >= 0.3 is 0 Å². The van der Waals surface area contributed by atoms with Gasteiger partial charge in [0, 0.05) is 18.4 Å². The Morgan fingerprint density at radius 3 is 2.88 bits per heavy atom. The number of hydrogen-bond donors (Lipinski definition) is 1. The lowest BCUT2D eigenvalue weighted by Gasteiger charge is -2.22. The molecule has 3 aromatic rings. The van der Waals surface area contributed by atoms with Gasteiger partial charge in [-0.15, -0.1) is 0 Å². The van der Waals surface area contributed by atoms with E-state index in [1.54, 1.807) is 10.9 Å².